The van der Waals surface area contributed by atoms with E-state index in [0.29, 0.717) is 13.0 Å². The Morgan fingerprint density at radius 2 is 2.00 bits per heavy atom. The molecule has 3 rings (SSSR count). The minimum Gasteiger partial charge on any atom is -0.464 e. The summed E-state index contributed by atoms with van der Waals surface area (Å²) in [6, 6.07) is 5.77. The summed E-state index contributed by atoms with van der Waals surface area (Å²) in [6.45, 7) is 1.89. The van der Waals surface area contributed by atoms with E-state index in [4.69, 9.17) is 16.3 Å². The van der Waals surface area contributed by atoms with Crippen molar-refractivity contribution < 1.29 is 31.8 Å². The second kappa shape index (κ2) is 9.94. The van der Waals surface area contributed by atoms with Crippen LogP contribution in [0.5, 0.6) is 5.88 Å². The molecule has 34 heavy (non-hydrogen) atoms. The van der Waals surface area contributed by atoms with E-state index in [0.717, 1.165) is 27.4 Å². The van der Waals surface area contributed by atoms with Gasteiger partial charge in [-0.1, -0.05) is 17.7 Å². The molecule has 1 N–H and O–H groups in total. The average molecular weight is 505 g/mol. The molecule has 0 aliphatic rings. The monoisotopic (exact) mass is 504 g/mol. The maximum Gasteiger partial charge on any atom is 0.425 e. The number of halogens is 6. The molecule has 0 fully saturated rings. The Balaban J connectivity index is 2.16. The van der Waals surface area contributed by atoms with Gasteiger partial charge < -0.3 is 9.84 Å². The highest BCUT2D eigenvalue weighted by Gasteiger charge is 2.39. The Morgan fingerprint density at radius 1 is 1.29 bits per heavy atom. The molecule has 0 saturated carbocycles. The maximum atomic E-state index is 15.1. The van der Waals surface area contributed by atoms with Gasteiger partial charge in [0, 0.05) is 12.1 Å². The van der Waals surface area contributed by atoms with Crippen LogP contribution in [0.2, 0.25) is 5.02 Å². The lowest BCUT2D eigenvalue weighted by Crippen LogP contribution is -2.32. The number of aliphatic hydroxyl groups is 1. The number of hydrogen-bond donors (Lipinski definition) is 1. The zero-order valence-corrected chi connectivity index (χ0v) is 18.5. The third-order valence-corrected chi connectivity index (χ3v) is 5.07. The van der Waals surface area contributed by atoms with E-state index in [1.165, 1.54) is 12.1 Å². The lowest BCUT2D eigenvalue weighted by atomic mass is 10.1. The highest BCUT2D eigenvalue weighted by Crippen LogP contribution is 2.33. The third kappa shape index (κ3) is 5.12. The van der Waals surface area contributed by atoms with Gasteiger partial charge in [-0.3, -0.25) is 4.57 Å². The number of rotatable bonds is 7. The minimum atomic E-state index is -4.81. The summed E-state index contributed by atoms with van der Waals surface area (Å²) in [4.78, 5) is 16.4. The number of ether oxygens (including phenoxy) is 1. The van der Waals surface area contributed by atoms with Crippen LogP contribution in [0.3, 0.4) is 0 Å². The fourth-order valence-electron chi connectivity index (χ4n) is 2.93. The van der Waals surface area contributed by atoms with Crippen LogP contribution >= 0.6 is 11.6 Å². The van der Waals surface area contributed by atoms with E-state index in [2.05, 4.69) is 10.1 Å². The second-order valence-corrected chi connectivity index (χ2v) is 7.37. The van der Waals surface area contributed by atoms with Crippen molar-refractivity contribution in [3.05, 3.63) is 68.6 Å². The smallest absolute Gasteiger partial charge is 0.425 e. The van der Waals surface area contributed by atoms with E-state index in [1.54, 1.807) is 6.92 Å². The highest BCUT2D eigenvalue weighted by molar-refractivity contribution is 6.32. The molecule has 0 saturated heterocycles. The molecule has 13 heteroatoms. The first-order valence-corrected chi connectivity index (χ1v) is 10.2. The average Bonchev–Trinajstić information content (AvgIpc) is 3.10. The van der Waals surface area contributed by atoms with Crippen molar-refractivity contribution in [2.24, 2.45) is 0 Å². The number of benzene rings is 1. The van der Waals surface area contributed by atoms with Crippen molar-refractivity contribution in [1.82, 2.24) is 19.3 Å². The summed E-state index contributed by atoms with van der Waals surface area (Å²) < 4.78 is 75.3. The molecule has 0 unspecified atom stereocenters. The SMILES string of the molecule is CCn1c(CO)nn(-c2ccc(/C(F)=C/c3c(F)cccc3Cl)c(O[C@@H](C)C(F)(F)F)n2)c1=O. The first-order valence-electron chi connectivity index (χ1n) is 9.83. The van der Waals surface area contributed by atoms with Gasteiger partial charge >= 0.3 is 11.9 Å². The Kier molecular flexibility index (Phi) is 7.41. The number of nitrogens with zero attached hydrogens (tertiary/aromatic N) is 4. The molecule has 0 aliphatic heterocycles. The molecule has 1 atom stereocenters. The normalized spacial score (nSPS) is 13.3. The Morgan fingerprint density at radius 3 is 2.56 bits per heavy atom. The van der Waals surface area contributed by atoms with Crippen LogP contribution in [0, 0.1) is 5.82 Å². The van der Waals surface area contributed by atoms with Gasteiger partial charge in [0.1, 0.15) is 18.3 Å². The van der Waals surface area contributed by atoms with Gasteiger partial charge in [0.25, 0.3) is 0 Å². The summed E-state index contributed by atoms with van der Waals surface area (Å²) in [5, 5.41) is 13.2. The predicted molar refractivity (Wildman–Crippen MR) is 114 cm³/mol. The molecule has 0 bridgehead atoms. The van der Waals surface area contributed by atoms with Crippen molar-refractivity contribution in [3.63, 3.8) is 0 Å². The van der Waals surface area contributed by atoms with Crippen molar-refractivity contribution in [2.45, 2.75) is 39.3 Å². The van der Waals surface area contributed by atoms with Gasteiger partial charge in [-0.05, 0) is 44.2 Å². The molecule has 2 aromatic heterocycles. The van der Waals surface area contributed by atoms with E-state index < -0.39 is 47.7 Å². The van der Waals surface area contributed by atoms with Crippen LogP contribution < -0.4 is 10.4 Å². The van der Waals surface area contributed by atoms with Gasteiger partial charge in [0.15, 0.2) is 17.7 Å². The Labute approximate surface area is 194 Å². The van der Waals surface area contributed by atoms with Crippen LogP contribution in [-0.2, 0) is 13.2 Å². The van der Waals surface area contributed by atoms with E-state index >= 15 is 4.39 Å². The Hall–Kier alpha value is -3.25. The molecule has 0 radical (unpaired) electrons. The van der Waals surface area contributed by atoms with Crippen LogP contribution in [0.15, 0.2) is 35.1 Å². The summed E-state index contributed by atoms with van der Waals surface area (Å²) in [6.07, 6.45) is -6.51. The fourth-order valence-corrected chi connectivity index (χ4v) is 3.15. The second-order valence-electron chi connectivity index (χ2n) is 6.96. The molecular formula is C21H18ClF5N4O3. The zero-order chi connectivity index (χ0) is 25.2. The number of alkyl halides is 3. The highest BCUT2D eigenvalue weighted by atomic mass is 35.5. The summed E-state index contributed by atoms with van der Waals surface area (Å²) >= 11 is 5.90. The molecule has 1 aromatic carbocycles. The van der Waals surface area contributed by atoms with Crippen LogP contribution in [0.25, 0.3) is 17.7 Å². The molecular weight excluding hydrogens is 487 g/mol. The molecule has 0 spiro atoms. The van der Waals surface area contributed by atoms with Crippen molar-refractivity contribution >= 4 is 23.5 Å². The van der Waals surface area contributed by atoms with Crippen molar-refractivity contribution in [3.8, 4) is 11.7 Å². The first-order chi connectivity index (χ1) is 16.0. The summed E-state index contributed by atoms with van der Waals surface area (Å²) in [7, 11) is 0. The fraction of sp³-hybridized carbons (Fsp3) is 0.286. The van der Waals surface area contributed by atoms with Crippen molar-refractivity contribution in [1.29, 1.82) is 0 Å². The Bertz CT molecular complexity index is 1270. The standard InChI is InChI=1S/C21H18ClF5N4O3/c1-3-30-18(10-32)29-31(20(30)33)17-8-7-12(19(28-17)34-11(2)21(25,26)27)16(24)9-13-14(22)5-4-6-15(13)23/h4-9,11,32H,3,10H2,1-2H3/b16-9-/t11-/m0/s1. The molecule has 2 heterocycles. The lowest BCUT2D eigenvalue weighted by molar-refractivity contribution is -0.190. The van der Waals surface area contributed by atoms with Gasteiger partial charge in [-0.15, -0.1) is 5.10 Å². The summed E-state index contributed by atoms with van der Waals surface area (Å²) in [5.74, 6) is -3.14. The zero-order valence-electron chi connectivity index (χ0n) is 17.8. The van der Waals surface area contributed by atoms with Crippen LogP contribution in [-0.4, -0.2) is 36.7 Å². The number of aromatic nitrogens is 4. The van der Waals surface area contributed by atoms with Crippen LogP contribution in [0.4, 0.5) is 22.0 Å². The van der Waals surface area contributed by atoms with Crippen molar-refractivity contribution in [2.75, 3.05) is 0 Å². The van der Waals surface area contributed by atoms with Gasteiger partial charge in [-0.2, -0.15) is 22.8 Å². The van der Waals surface area contributed by atoms with Gasteiger partial charge in [0.05, 0.1) is 10.6 Å². The van der Waals surface area contributed by atoms with Gasteiger partial charge in [-0.25, -0.2) is 13.6 Å². The molecule has 0 aliphatic carbocycles. The molecule has 0 amide bonds. The van der Waals surface area contributed by atoms with E-state index in [-0.39, 0.29) is 28.8 Å². The van der Waals surface area contributed by atoms with E-state index in [9.17, 15) is 27.5 Å². The number of aliphatic hydroxyl groups excluding tert-OH is 1. The minimum absolute atomic E-state index is 0.00947. The predicted octanol–water partition coefficient (Wildman–Crippen LogP) is 4.53. The first kappa shape index (κ1) is 25.4. The number of hydrogen-bond acceptors (Lipinski definition) is 5. The maximum absolute atomic E-state index is 15.1. The van der Waals surface area contributed by atoms with E-state index in [1.807, 2.05) is 0 Å². The molecule has 3 aromatic rings. The number of pyridine rings is 1. The van der Waals surface area contributed by atoms with Gasteiger partial charge in [0.2, 0.25) is 5.88 Å². The topological polar surface area (TPSA) is 82.2 Å². The lowest BCUT2D eigenvalue weighted by Gasteiger charge is -2.19. The molecule has 182 valence electrons. The quantitative estimate of drug-likeness (QED) is 0.478. The van der Waals surface area contributed by atoms with Crippen LogP contribution in [0.1, 0.15) is 30.8 Å². The third-order valence-electron chi connectivity index (χ3n) is 4.74. The molecule has 7 nitrogen and oxygen atoms in total. The largest absolute Gasteiger partial charge is 0.464 e. The summed E-state index contributed by atoms with van der Waals surface area (Å²) in [5.41, 5.74) is -1.59.